The molecule has 2 aromatic rings. The largest absolute Gasteiger partial charge is 0.290 e. The lowest BCUT2D eigenvalue weighted by molar-refractivity contribution is 0.549. The van der Waals surface area contributed by atoms with Crippen molar-refractivity contribution in [2.75, 3.05) is 0 Å². The van der Waals surface area contributed by atoms with E-state index in [1.807, 2.05) is 24.5 Å². The van der Waals surface area contributed by atoms with E-state index in [0.29, 0.717) is 5.56 Å². The maximum atomic E-state index is 13.3. The maximum absolute atomic E-state index is 13.3. The van der Waals surface area contributed by atoms with E-state index >= 15 is 0 Å². The van der Waals surface area contributed by atoms with Gasteiger partial charge in [-0.3, -0.25) is 4.79 Å². The molecule has 0 saturated heterocycles. The quantitative estimate of drug-likeness (QED) is 0.808. The Hall–Kier alpha value is -1.67. The van der Waals surface area contributed by atoms with Crippen LogP contribution in [0.4, 0.5) is 4.39 Å². The summed E-state index contributed by atoms with van der Waals surface area (Å²) in [7, 11) is 0. The molecule has 0 bridgehead atoms. The van der Waals surface area contributed by atoms with E-state index in [2.05, 4.69) is 0 Å². The second-order valence-corrected chi connectivity index (χ2v) is 3.98. The summed E-state index contributed by atoms with van der Waals surface area (Å²) in [6, 6.07) is 13.5. The molecule has 2 aromatic carbocycles. The van der Waals surface area contributed by atoms with E-state index in [9.17, 15) is 9.18 Å². The molecule has 0 aliphatic rings. The number of carbonyl (C=O) groups excluding carboxylic acids is 1. The zero-order valence-corrected chi connectivity index (χ0v) is 9.62. The first kappa shape index (κ1) is 11.8. The van der Waals surface area contributed by atoms with Crippen molar-refractivity contribution in [3.05, 3.63) is 70.5 Å². The summed E-state index contributed by atoms with van der Waals surface area (Å²) in [4.78, 5) is 11.1. The fourth-order valence-electron chi connectivity index (χ4n) is 1.70. The molecule has 85 valence electrons. The smallest absolute Gasteiger partial charge is 0.211 e. The van der Waals surface area contributed by atoms with E-state index in [1.54, 1.807) is 18.2 Å². The van der Waals surface area contributed by atoms with Crippen molar-refractivity contribution in [2.45, 2.75) is 5.92 Å². The minimum Gasteiger partial charge on any atom is -0.290 e. The van der Waals surface area contributed by atoms with Gasteiger partial charge in [0.25, 0.3) is 0 Å². The molecule has 1 nitrogen and oxygen atoms in total. The molecule has 0 aliphatic heterocycles. The molecule has 0 amide bonds. The zero-order valence-electron chi connectivity index (χ0n) is 8.86. The van der Waals surface area contributed by atoms with Crippen LogP contribution in [0.5, 0.6) is 0 Å². The van der Waals surface area contributed by atoms with Gasteiger partial charge >= 0.3 is 0 Å². The fraction of sp³-hybridized carbons (Fsp3) is 0.0714. The number of benzene rings is 2. The van der Waals surface area contributed by atoms with E-state index in [0.717, 1.165) is 5.56 Å². The van der Waals surface area contributed by atoms with Gasteiger partial charge in [-0.25, -0.2) is 4.39 Å². The highest BCUT2D eigenvalue weighted by Crippen LogP contribution is 2.30. The van der Waals surface area contributed by atoms with Gasteiger partial charge in [0.2, 0.25) is 6.29 Å². The first-order valence-corrected chi connectivity index (χ1v) is 5.48. The SMILES string of the molecule is O=[C]C(c1ccccc1)c1cccc(F)c1Cl. The molecule has 0 saturated carbocycles. The molecule has 1 radical (unpaired) electrons. The predicted octanol–water partition coefficient (Wildman–Crippen LogP) is 3.72. The second kappa shape index (κ2) is 5.11. The predicted molar refractivity (Wildman–Crippen MR) is 65.4 cm³/mol. The molecular weight excluding hydrogens is 239 g/mol. The topological polar surface area (TPSA) is 17.1 Å². The lowest BCUT2D eigenvalue weighted by Gasteiger charge is -2.12. The lowest BCUT2D eigenvalue weighted by atomic mass is 9.92. The van der Waals surface area contributed by atoms with Crippen LogP contribution < -0.4 is 0 Å². The Morgan fingerprint density at radius 2 is 1.76 bits per heavy atom. The van der Waals surface area contributed by atoms with Gasteiger partial charge in [0, 0.05) is 0 Å². The minimum absolute atomic E-state index is 0.0234. The Bertz CT molecular complexity index is 525. The summed E-state index contributed by atoms with van der Waals surface area (Å²) in [5.41, 5.74) is 1.18. The number of hydrogen-bond acceptors (Lipinski definition) is 1. The van der Waals surface area contributed by atoms with Crippen molar-refractivity contribution in [3.8, 4) is 0 Å². The third-order valence-electron chi connectivity index (χ3n) is 2.54. The highest BCUT2D eigenvalue weighted by molar-refractivity contribution is 6.31. The molecule has 3 heteroatoms. The Balaban J connectivity index is 2.50. The van der Waals surface area contributed by atoms with Gasteiger partial charge in [-0.1, -0.05) is 54.1 Å². The summed E-state index contributed by atoms with van der Waals surface area (Å²) in [5.74, 6) is -1.18. The minimum atomic E-state index is -0.653. The standard InChI is InChI=1S/C14H9ClFO/c15-14-11(7-4-8-13(14)16)12(9-17)10-5-2-1-3-6-10/h1-8,12H. The van der Waals surface area contributed by atoms with E-state index in [-0.39, 0.29) is 5.02 Å². The number of hydrogen-bond donors (Lipinski definition) is 0. The Morgan fingerprint density at radius 1 is 1.06 bits per heavy atom. The van der Waals surface area contributed by atoms with E-state index in [1.165, 1.54) is 12.1 Å². The normalized spacial score (nSPS) is 12.1. The van der Waals surface area contributed by atoms with Crippen LogP contribution in [0.25, 0.3) is 0 Å². The van der Waals surface area contributed by atoms with Crippen molar-refractivity contribution >= 4 is 17.9 Å². The summed E-state index contributed by atoms with van der Waals surface area (Å²) in [6.45, 7) is 0. The average molecular weight is 248 g/mol. The second-order valence-electron chi connectivity index (χ2n) is 3.60. The first-order chi connectivity index (χ1) is 8.24. The molecular formula is C14H9ClFO. The van der Waals surface area contributed by atoms with Crippen molar-refractivity contribution in [1.29, 1.82) is 0 Å². The molecule has 1 atom stereocenters. The molecule has 0 aliphatic carbocycles. The summed E-state index contributed by atoms with van der Waals surface area (Å²) >= 11 is 5.86. The maximum Gasteiger partial charge on any atom is 0.211 e. The summed E-state index contributed by atoms with van der Waals surface area (Å²) in [6.07, 6.45) is 1.90. The van der Waals surface area contributed by atoms with Crippen molar-refractivity contribution in [1.82, 2.24) is 0 Å². The number of halogens is 2. The van der Waals surface area contributed by atoms with Crippen molar-refractivity contribution in [2.24, 2.45) is 0 Å². The van der Waals surface area contributed by atoms with Gasteiger partial charge in [0.05, 0.1) is 10.9 Å². The molecule has 0 spiro atoms. The third kappa shape index (κ3) is 2.37. The van der Waals surface area contributed by atoms with Crippen LogP contribution in [-0.4, -0.2) is 6.29 Å². The van der Waals surface area contributed by atoms with Crippen molar-refractivity contribution < 1.29 is 9.18 Å². The molecule has 1 unspecified atom stereocenters. The van der Waals surface area contributed by atoms with Crippen LogP contribution >= 0.6 is 11.6 Å². The highest BCUT2D eigenvalue weighted by Gasteiger charge is 2.18. The Morgan fingerprint density at radius 3 is 2.41 bits per heavy atom. The van der Waals surface area contributed by atoms with Crippen LogP contribution in [0.3, 0.4) is 0 Å². The average Bonchev–Trinajstić information content (AvgIpc) is 2.37. The van der Waals surface area contributed by atoms with Gasteiger partial charge in [-0.05, 0) is 17.2 Å². The highest BCUT2D eigenvalue weighted by atomic mass is 35.5. The van der Waals surface area contributed by atoms with Crippen LogP contribution in [0.1, 0.15) is 17.0 Å². The Kier molecular flexibility index (Phi) is 3.55. The number of rotatable bonds is 3. The van der Waals surface area contributed by atoms with E-state index in [4.69, 9.17) is 11.6 Å². The van der Waals surface area contributed by atoms with Gasteiger partial charge in [-0.2, -0.15) is 0 Å². The zero-order chi connectivity index (χ0) is 12.3. The fourth-order valence-corrected chi connectivity index (χ4v) is 1.94. The lowest BCUT2D eigenvalue weighted by Crippen LogP contribution is -2.03. The van der Waals surface area contributed by atoms with E-state index < -0.39 is 11.7 Å². The molecule has 0 heterocycles. The first-order valence-electron chi connectivity index (χ1n) is 5.10. The summed E-state index contributed by atoms with van der Waals surface area (Å²) in [5, 5.41) is -0.0234. The molecule has 0 fully saturated rings. The molecule has 0 N–H and O–H groups in total. The Labute approximate surface area is 104 Å². The van der Waals surface area contributed by atoms with Crippen LogP contribution in [-0.2, 0) is 4.79 Å². The van der Waals surface area contributed by atoms with Crippen molar-refractivity contribution in [3.63, 3.8) is 0 Å². The van der Waals surface area contributed by atoms with Gasteiger partial charge in [0.1, 0.15) is 5.82 Å². The summed E-state index contributed by atoms with van der Waals surface area (Å²) < 4.78 is 13.3. The molecule has 17 heavy (non-hydrogen) atoms. The molecule has 0 aromatic heterocycles. The molecule has 2 rings (SSSR count). The van der Waals surface area contributed by atoms with Crippen LogP contribution in [0, 0.1) is 5.82 Å². The van der Waals surface area contributed by atoms with Crippen LogP contribution in [0.15, 0.2) is 48.5 Å². The van der Waals surface area contributed by atoms with Crippen LogP contribution in [0.2, 0.25) is 5.02 Å². The van der Waals surface area contributed by atoms with Gasteiger partial charge in [-0.15, -0.1) is 0 Å². The van der Waals surface area contributed by atoms with Gasteiger partial charge in [0.15, 0.2) is 0 Å². The van der Waals surface area contributed by atoms with Gasteiger partial charge < -0.3 is 0 Å². The monoisotopic (exact) mass is 247 g/mol. The third-order valence-corrected chi connectivity index (χ3v) is 2.94.